The van der Waals surface area contributed by atoms with Crippen molar-refractivity contribution in [3.8, 4) is 11.5 Å². The molecule has 0 saturated carbocycles. The van der Waals surface area contributed by atoms with Crippen molar-refractivity contribution in [1.82, 2.24) is 0 Å². The van der Waals surface area contributed by atoms with E-state index in [4.69, 9.17) is 4.74 Å². The largest absolute Gasteiger partial charge is 0.507 e. The molecule has 0 aromatic heterocycles. The topological polar surface area (TPSA) is 29.5 Å². The Labute approximate surface area is 294 Å². The SMILES string of the molecule is COc1cc(CC=C(C)CCC=C(C)CCC=C(C)CCC=C(C)CCC=C(C)CCC=C(C)CCC=C(C)C)c(O)c2ccccc12. The van der Waals surface area contributed by atoms with Gasteiger partial charge in [0.05, 0.1) is 7.11 Å². The average molecular weight is 651 g/mol. The maximum atomic E-state index is 10.8. The second-order valence-corrected chi connectivity index (χ2v) is 14.2. The molecule has 0 unspecified atom stereocenters. The Morgan fingerprint density at radius 1 is 0.521 bits per heavy atom. The standard InChI is InChI=1S/C46H66O2/c1-35(2)18-12-19-36(3)20-13-21-37(4)22-14-23-38(5)24-15-25-39(6)26-16-27-40(7)28-17-29-41(8)32-33-42-34-45(48-9)43-30-10-11-31-44(43)46(42)47/h10-11,18,20,22,24,26,28,30-32,34,47H,12-17,19,21,23,25,27,29,33H2,1-9H3. The lowest BCUT2D eigenvalue weighted by molar-refractivity contribution is 0.417. The molecule has 0 aliphatic rings. The van der Waals surface area contributed by atoms with Crippen molar-refractivity contribution < 1.29 is 9.84 Å². The molecule has 2 nitrogen and oxygen atoms in total. The molecular formula is C46H66O2. The summed E-state index contributed by atoms with van der Waals surface area (Å²) in [6.45, 7) is 17.9. The predicted octanol–water partition coefficient (Wildman–Crippen LogP) is 14.4. The molecule has 0 fully saturated rings. The number of ether oxygens (including phenoxy) is 1. The normalized spacial score (nSPS) is 13.8. The zero-order valence-corrected chi connectivity index (χ0v) is 32.0. The molecular weight excluding hydrogens is 585 g/mol. The van der Waals surface area contributed by atoms with Crippen LogP contribution in [0.25, 0.3) is 10.8 Å². The van der Waals surface area contributed by atoms with Gasteiger partial charge < -0.3 is 9.84 Å². The summed E-state index contributed by atoms with van der Waals surface area (Å²) in [5.41, 5.74) is 11.2. The van der Waals surface area contributed by atoms with Gasteiger partial charge in [-0.3, -0.25) is 0 Å². The molecule has 2 heteroatoms. The predicted molar refractivity (Wildman–Crippen MR) is 213 cm³/mol. The lowest BCUT2D eigenvalue weighted by atomic mass is 10.00. The quantitative estimate of drug-likeness (QED) is 0.136. The number of methoxy groups -OCH3 is 1. The number of phenols is 1. The molecule has 0 aliphatic heterocycles. The zero-order valence-electron chi connectivity index (χ0n) is 32.0. The molecule has 2 rings (SSSR count). The fourth-order valence-corrected chi connectivity index (χ4v) is 5.92. The van der Waals surface area contributed by atoms with Crippen molar-refractivity contribution in [2.45, 2.75) is 139 Å². The van der Waals surface area contributed by atoms with Crippen LogP contribution < -0.4 is 4.74 Å². The maximum absolute atomic E-state index is 10.8. The first-order valence-electron chi connectivity index (χ1n) is 18.3. The highest BCUT2D eigenvalue weighted by Gasteiger charge is 2.11. The van der Waals surface area contributed by atoms with Crippen LogP contribution in [0.4, 0.5) is 0 Å². The monoisotopic (exact) mass is 651 g/mol. The fraction of sp³-hybridized carbons (Fsp3) is 0.478. The number of allylic oxidation sites excluding steroid dienone is 14. The third kappa shape index (κ3) is 16.5. The summed E-state index contributed by atoms with van der Waals surface area (Å²) in [6, 6.07) is 9.83. The molecule has 1 N–H and O–H groups in total. The van der Waals surface area contributed by atoms with Crippen molar-refractivity contribution in [3.05, 3.63) is 117 Å². The number of benzene rings is 2. The highest BCUT2D eigenvalue weighted by atomic mass is 16.5. The van der Waals surface area contributed by atoms with Gasteiger partial charge in [-0.1, -0.05) is 106 Å². The van der Waals surface area contributed by atoms with E-state index in [-0.39, 0.29) is 0 Å². The minimum atomic E-state index is 0.356. The molecule has 0 radical (unpaired) electrons. The van der Waals surface area contributed by atoms with E-state index in [2.05, 4.69) is 97.9 Å². The Morgan fingerprint density at radius 3 is 1.25 bits per heavy atom. The van der Waals surface area contributed by atoms with Crippen molar-refractivity contribution in [1.29, 1.82) is 0 Å². The van der Waals surface area contributed by atoms with Crippen LogP contribution in [0.2, 0.25) is 0 Å². The lowest BCUT2D eigenvalue weighted by Gasteiger charge is -2.11. The summed E-state index contributed by atoms with van der Waals surface area (Å²) in [6.07, 6.45) is 31.0. The summed E-state index contributed by atoms with van der Waals surface area (Å²) < 4.78 is 5.59. The Balaban J connectivity index is 1.66. The Hall–Kier alpha value is -3.52. The number of phenolic OH excluding ortho intramolecular Hbond substituents is 1. The van der Waals surface area contributed by atoms with Crippen LogP contribution in [-0.4, -0.2) is 12.2 Å². The van der Waals surface area contributed by atoms with Gasteiger partial charge in [0, 0.05) is 16.3 Å². The van der Waals surface area contributed by atoms with Gasteiger partial charge in [0.1, 0.15) is 11.5 Å². The minimum Gasteiger partial charge on any atom is -0.507 e. The summed E-state index contributed by atoms with van der Waals surface area (Å²) in [7, 11) is 1.69. The Bertz CT molecular complexity index is 1500. The van der Waals surface area contributed by atoms with E-state index < -0.39 is 0 Å². The number of aromatic hydroxyl groups is 1. The van der Waals surface area contributed by atoms with Gasteiger partial charge in [0.2, 0.25) is 0 Å². The molecule has 0 saturated heterocycles. The lowest BCUT2D eigenvalue weighted by Crippen LogP contribution is -1.91. The summed E-state index contributed by atoms with van der Waals surface area (Å²) in [5, 5.41) is 12.6. The smallest absolute Gasteiger partial charge is 0.127 e. The van der Waals surface area contributed by atoms with Crippen molar-refractivity contribution in [2.75, 3.05) is 7.11 Å². The van der Waals surface area contributed by atoms with E-state index in [0.717, 1.165) is 86.3 Å². The number of hydrogen-bond donors (Lipinski definition) is 1. The molecule has 0 heterocycles. The highest BCUT2D eigenvalue weighted by Crippen LogP contribution is 2.36. The van der Waals surface area contributed by atoms with Crippen LogP contribution in [0.15, 0.2) is 112 Å². The Morgan fingerprint density at radius 2 is 0.875 bits per heavy atom. The molecule has 2 aromatic carbocycles. The van der Waals surface area contributed by atoms with Crippen molar-refractivity contribution >= 4 is 10.8 Å². The molecule has 0 spiro atoms. The van der Waals surface area contributed by atoms with E-state index in [1.165, 1.54) is 51.9 Å². The molecule has 0 aliphatic carbocycles. The van der Waals surface area contributed by atoms with E-state index in [1.54, 1.807) is 7.11 Å². The van der Waals surface area contributed by atoms with Crippen LogP contribution in [0.5, 0.6) is 11.5 Å². The molecule has 0 amide bonds. The fourth-order valence-electron chi connectivity index (χ4n) is 5.92. The molecule has 0 bridgehead atoms. The summed E-state index contributed by atoms with van der Waals surface area (Å²) in [5.74, 6) is 1.17. The van der Waals surface area contributed by atoms with Crippen LogP contribution in [-0.2, 0) is 6.42 Å². The number of rotatable bonds is 21. The van der Waals surface area contributed by atoms with E-state index in [9.17, 15) is 5.11 Å². The van der Waals surface area contributed by atoms with Gasteiger partial charge in [-0.2, -0.15) is 0 Å². The van der Waals surface area contributed by atoms with Gasteiger partial charge in [-0.15, -0.1) is 0 Å². The third-order valence-electron chi connectivity index (χ3n) is 9.20. The van der Waals surface area contributed by atoms with Crippen molar-refractivity contribution in [3.63, 3.8) is 0 Å². The molecule has 2 aromatic rings. The van der Waals surface area contributed by atoms with E-state index in [0.29, 0.717) is 12.2 Å². The zero-order chi connectivity index (χ0) is 35.3. The van der Waals surface area contributed by atoms with Gasteiger partial charge >= 0.3 is 0 Å². The second kappa shape index (κ2) is 22.9. The molecule has 262 valence electrons. The first-order chi connectivity index (χ1) is 23.0. The highest BCUT2D eigenvalue weighted by molar-refractivity contribution is 5.94. The summed E-state index contributed by atoms with van der Waals surface area (Å²) >= 11 is 0. The van der Waals surface area contributed by atoms with Gasteiger partial charge in [-0.05, 0) is 145 Å². The summed E-state index contributed by atoms with van der Waals surface area (Å²) in [4.78, 5) is 0. The molecule has 48 heavy (non-hydrogen) atoms. The van der Waals surface area contributed by atoms with Crippen LogP contribution in [0, 0.1) is 0 Å². The second-order valence-electron chi connectivity index (χ2n) is 14.2. The van der Waals surface area contributed by atoms with Crippen molar-refractivity contribution in [2.24, 2.45) is 0 Å². The maximum Gasteiger partial charge on any atom is 0.127 e. The first kappa shape index (κ1) is 40.7. The minimum absolute atomic E-state index is 0.356. The van der Waals surface area contributed by atoms with Crippen LogP contribution in [0.1, 0.15) is 138 Å². The molecule has 0 atom stereocenters. The number of fused-ring (bicyclic) bond motifs is 1. The van der Waals surface area contributed by atoms with Gasteiger partial charge in [0.25, 0.3) is 0 Å². The number of hydrogen-bond acceptors (Lipinski definition) is 2. The van der Waals surface area contributed by atoms with Crippen LogP contribution >= 0.6 is 0 Å². The Kier molecular flexibility index (Phi) is 19.4. The van der Waals surface area contributed by atoms with E-state index in [1.807, 2.05) is 30.3 Å². The van der Waals surface area contributed by atoms with Gasteiger partial charge in [0.15, 0.2) is 0 Å². The van der Waals surface area contributed by atoms with Crippen LogP contribution in [0.3, 0.4) is 0 Å². The van der Waals surface area contributed by atoms with E-state index >= 15 is 0 Å². The van der Waals surface area contributed by atoms with Gasteiger partial charge in [-0.25, -0.2) is 0 Å². The third-order valence-corrected chi connectivity index (χ3v) is 9.20. The average Bonchev–Trinajstić information content (AvgIpc) is 3.04. The first-order valence-corrected chi connectivity index (χ1v) is 18.3.